The smallest absolute Gasteiger partial charge is 0.00951 e. The van der Waals surface area contributed by atoms with Crippen molar-refractivity contribution in [2.24, 2.45) is 0 Å². The molecule has 0 aliphatic heterocycles. The number of aryl methyl sites for hydroxylation is 2. The lowest BCUT2D eigenvalue weighted by molar-refractivity contribution is 0.806. The average Bonchev–Trinajstić information content (AvgIpc) is 3.00. The molecule has 0 amide bonds. The zero-order valence-electron chi connectivity index (χ0n) is 12.3. The van der Waals surface area contributed by atoms with Crippen LogP contribution < -0.4 is 0 Å². The Kier molecular flexibility index (Phi) is 3.48. The van der Waals surface area contributed by atoms with Gasteiger partial charge in [0.05, 0.1) is 0 Å². The monoisotopic (exact) mass is 262 g/mol. The molecule has 0 fully saturated rings. The molecular formula is C20H22. The first-order valence-corrected chi connectivity index (χ1v) is 7.51. The van der Waals surface area contributed by atoms with Crippen molar-refractivity contribution in [1.82, 2.24) is 0 Å². The third kappa shape index (κ3) is 2.20. The first-order valence-electron chi connectivity index (χ1n) is 7.51. The van der Waals surface area contributed by atoms with E-state index < -0.39 is 0 Å². The summed E-state index contributed by atoms with van der Waals surface area (Å²) in [4.78, 5) is 0. The van der Waals surface area contributed by atoms with E-state index in [1.54, 1.807) is 11.1 Å². The average molecular weight is 262 g/mol. The number of allylic oxidation sites excluding steroid dienone is 5. The SMILES string of the molecule is C=C/C=C(\C=C)CC1C(C)=Cc2cc3c(cc21)CCC3. The van der Waals surface area contributed by atoms with Gasteiger partial charge in [0.25, 0.3) is 0 Å². The fourth-order valence-electron chi connectivity index (χ4n) is 3.56. The minimum absolute atomic E-state index is 0.514. The van der Waals surface area contributed by atoms with Crippen LogP contribution in [0.15, 0.2) is 54.7 Å². The Balaban J connectivity index is 1.96. The number of benzene rings is 1. The molecule has 0 radical (unpaired) electrons. The molecule has 0 heteroatoms. The van der Waals surface area contributed by atoms with E-state index in [1.807, 2.05) is 12.2 Å². The highest BCUT2D eigenvalue weighted by molar-refractivity contribution is 5.68. The minimum atomic E-state index is 0.514. The summed E-state index contributed by atoms with van der Waals surface area (Å²) in [5.41, 5.74) is 8.84. The molecule has 2 aliphatic rings. The van der Waals surface area contributed by atoms with Crippen molar-refractivity contribution in [2.75, 3.05) is 0 Å². The van der Waals surface area contributed by atoms with Gasteiger partial charge in [0.1, 0.15) is 0 Å². The second-order valence-corrected chi connectivity index (χ2v) is 5.93. The third-order valence-electron chi connectivity index (χ3n) is 4.64. The van der Waals surface area contributed by atoms with E-state index >= 15 is 0 Å². The fraction of sp³-hybridized carbons (Fsp3) is 0.300. The van der Waals surface area contributed by atoms with E-state index in [0.29, 0.717) is 5.92 Å². The predicted molar refractivity (Wildman–Crippen MR) is 88.0 cm³/mol. The van der Waals surface area contributed by atoms with Crippen molar-refractivity contribution in [2.45, 2.75) is 38.5 Å². The molecule has 0 bridgehead atoms. The summed E-state index contributed by atoms with van der Waals surface area (Å²) in [7, 11) is 0. The molecule has 3 rings (SSSR count). The molecule has 20 heavy (non-hydrogen) atoms. The van der Waals surface area contributed by atoms with Gasteiger partial charge >= 0.3 is 0 Å². The van der Waals surface area contributed by atoms with Gasteiger partial charge < -0.3 is 0 Å². The van der Waals surface area contributed by atoms with Crippen LogP contribution in [0.4, 0.5) is 0 Å². The van der Waals surface area contributed by atoms with Crippen LogP contribution in [0.2, 0.25) is 0 Å². The third-order valence-corrected chi connectivity index (χ3v) is 4.64. The molecule has 0 N–H and O–H groups in total. The van der Waals surface area contributed by atoms with Gasteiger partial charge in [-0.15, -0.1) is 0 Å². The molecule has 0 saturated carbocycles. The van der Waals surface area contributed by atoms with Crippen LogP contribution in [0, 0.1) is 0 Å². The number of rotatable bonds is 4. The van der Waals surface area contributed by atoms with Gasteiger partial charge in [-0.3, -0.25) is 0 Å². The highest BCUT2D eigenvalue weighted by atomic mass is 14.3. The summed E-state index contributed by atoms with van der Waals surface area (Å²) in [6.07, 6.45) is 13.1. The Morgan fingerprint density at radius 3 is 2.70 bits per heavy atom. The van der Waals surface area contributed by atoms with E-state index in [2.05, 4.69) is 44.4 Å². The molecule has 2 aliphatic carbocycles. The molecule has 1 atom stereocenters. The highest BCUT2D eigenvalue weighted by Gasteiger charge is 2.25. The van der Waals surface area contributed by atoms with Gasteiger partial charge in [-0.2, -0.15) is 0 Å². The summed E-state index contributed by atoms with van der Waals surface area (Å²) in [5.74, 6) is 0.514. The molecule has 1 aromatic carbocycles. The van der Waals surface area contributed by atoms with Crippen LogP contribution >= 0.6 is 0 Å². The van der Waals surface area contributed by atoms with Gasteiger partial charge in [-0.05, 0) is 60.4 Å². The van der Waals surface area contributed by atoms with Crippen LogP contribution in [0.5, 0.6) is 0 Å². The molecule has 0 aromatic heterocycles. The maximum absolute atomic E-state index is 3.93. The second kappa shape index (κ2) is 5.28. The maximum Gasteiger partial charge on any atom is 0.00951 e. The predicted octanol–water partition coefficient (Wildman–Crippen LogP) is 5.36. The quantitative estimate of drug-likeness (QED) is 0.640. The molecule has 102 valence electrons. The summed E-state index contributed by atoms with van der Waals surface area (Å²) in [6, 6.07) is 4.88. The van der Waals surface area contributed by atoms with Gasteiger partial charge in [0.2, 0.25) is 0 Å². The Bertz CT molecular complexity index is 626. The van der Waals surface area contributed by atoms with Gasteiger partial charge in [0, 0.05) is 5.92 Å². The topological polar surface area (TPSA) is 0 Å². The van der Waals surface area contributed by atoms with Gasteiger partial charge in [-0.25, -0.2) is 0 Å². The first-order chi connectivity index (χ1) is 9.72. The minimum Gasteiger partial charge on any atom is -0.0991 e. The Hall–Kier alpha value is -1.82. The lowest BCUT2D eigenvalue weighted by Crippen LogP contribution is -2.00. The van der Waals surface area contributed by atoms with Crippen molar-refractivity contribution >= 4 is 6.08 Å². The van der Waals surface area contributed by atoms with Crippen LogP contribution in [0.25, 0.3) is 6.08 Å². The molecule has 0 nitrogen and oxygen atoms in total. The number of hydrogen-bond acceptors (Lipinski definition) is 0. The zero-order valence-corrected chi connectivity index (χ0v) is 12.3. The zero-order chi connectivity index (χ0) is 14.1. The molecule has 1 unspecified atom stereocenters. The number of fused-ring (bicyclic) bond motifs is 2. The van der Waals surface area contributed by atoms with Crippen molar-refractivity contribution < 1.29 is 0 Å². The fourth-order valence-corrected chi connectivity index (χ4v) is 3.56. The van der Waals surface area contributed by atoms with Crippen molar-refractivity contribution in [3.63, 3.8) is 0 Å². The maximum atomic E-state index is 3.93. The van der Waals surface area contributed by atoms with E-state index in [0.717, 1.165) is 6.42 Å². The molecule has 0 saturated heterocycles. The highest BCUT2D eigenvalue weighted by Crippen LogP contribution is 2.42. The van der Waals surface area contributed by atoms with E-state index in [9.17, 15) is 0 Å². The van der Waals surface area contributed by atoms with Crippen LogP contribution in [-0.2, 0) is 12.8 Å². The van der Waals surface area contributed by atoms with Crippen LogP contribution in [0.3, 0.4) is 0 Å². The molecular weight excluding hydrogens is 240 g/mol. The summed E-state index contributed by atoms with van der Waals surface area (Å²) in [6.45, 7) is 9.97. The standard InChI is InChI=1S/C20H22/c1-4-7-15(5-2)11-19-14(3)10-18-12-16-8-6-9-17(16)13-20(18)19/h4-5,7,10,12-13,19H,1-2,6,8-9,11H2,3H3/b15-7+. The normalized spacial score (nSPS) is 20.4. The largest absolute Gasteiger partial charge is 0.0991 e. The van der Waals surface area contributed by atoms with E-state index in [1.165, 1.54) is 41.5 Å². The summed E-state index contributed by atoms with van der Waals surface area (Å²) in [5, 5.41) is 0. The Labute approximate surface area is 122 Å². The second-order valence-electron chi connectivity index (χ2n) is 5.93. The van der Waals surface area contributed by atoms with E-state index in [-0.39, 0.29) is 0 Å². The lowest BCUT2D eigenvalue weighted by atomic mass is 9.88. The molecule has 0 spiro atoms. The van der Waals surface area contributed by atoms with E-state index in [4.69, 9.17) is 0 Å². The van der Waals surface area contributed by atoms with Gasteiger partial charge in [-0.1, -0.05) is 55.2 Å². The number of hydrogen-bond donors (Lipinski definition) is 0. The molecule has 0 heterocycles. The summed E-state index contributed by atoms with van der Waals surface area (Å²) >= 11 is 0. The van der Waals surface area contributed by atoms with Crippen molar-refractivity contribution in [3.8, 4) is 0 Å². The van der Waals surface area contributed by atoms with Gasteiger partial charge in [0.15, 0.2) is 0 Å². The summed E-state index contributed by atoms with van der Waals surface area (Å²) < 4.78 is 0. The van der Waals surface area contributed by atoms with Crippen molar-refractivity contribution in [3.05, 3.63) is 76.9 Å². The van der Waals surface area contributed by atoms with Crippen LogP contribution in [0.1, 0.15) is 47.9 Å². The molecule has 1 aromatic rings. The first kappa shape index (κ1) is 13.2. The van der Waals surface area contributed by atoms with Crippen molar-refractivity contribution in [1.29, 1.82) is 0 Å². The van der Waals surface area contributed by atoms with Crippen LogP contribution in [-0.4, -0.2) is 0 Å². The Morgan fingerprint density at radius 1 is 1.25 bits per heavy atom. The lowest BCUT2D eigenvalue weighted by Gasteiger charge is -2.16. The Morgan fingerprint density at radius 2 is 2.00 bits per heavy atom.